The number of carbonyl (C=O) groups is 2. The molecule has 7 nitrogen and oxygen atoms in total. The van der Waals surface area contributed by atoms with Gasteiger partial charge in [0.1, 0.15) is 15.9 Å². The van der Waals surface area contributed by atoms with Crippen LogP contribution in [0.1, 0.15) is 28.8 Å². The first-order valence-electron chi connectivity index (χ1n) is 8.16. The summed E-state index contributed by atoms with van der Waals surface area (Å²) in [4.78, 5) is 26.6. The molecule has 2 amide bonds. The predicted octanol–water partition coefficient (Wildman–Crippen LogP) is 0.598. The SMILES string of the molecule is COCCCNC(=O)C(CCS(C)(=O)=O)N1Cc2ccccc2C1=O. The lowest BCUT2D eigenvalue weighted by Crippen LogP contribution is -2.48. The van der Waals surface area contributed by atoms with Gasteiger partial charge in [-0.1, -0.05) is 18.2 Å². The van der Waals surface area contributed by atoms with Gasteiger partial charge >= 0.3 is 0 Å². The van der Waals surface area contributed by atoms with Gasteiger partial charge in [0.25, 0.3) is 5.91 Å². The molecule has 0 aliphatic carbocycles. The van der Waals surface area contributed by atoms with Crippen molar-refractivity contribution < 1.29 is 22.7 Å². The monoisotopic (exact) mass is 368 g/mol. The lowest BCUT2D eigenvalue weighted by atomic mass is 10.1. The summed E-state index contributed by atoms with van der Waals surface area (Å²) in [5, 5.41) is 2.77. The van der Waals surface area contributed by atoms with Crippen LogP contribution in [0.3, 0.4) is 0 Å². The van der Waals surface area contributed by atoms with Crippen molar-refractivity contribution in [3.63, 3.8) is 0 Å². The number of rotatable bonds is 9. The summed E-state index contributed by atoms with van der Waals surface area (Å²) >= 11 is 0. The van der Waals surface area contributed by atoms with Crippen molar-refractivity contribution in [1.82, 2.24) is 10.2 Å². The van der Waals surface area contributed by atoms with Crippen LogP contribution < -0.4 is 5.32 Å². The maximum Gasteiger partial charge on any atom is 0.255 e. The summed E-state index contributed by atoms with van der Waals surface area (Å²) in [6.45, 7) is 1.24. The van der Waals surface area contributed by atoms with E-state index in [4.69, 9.17) is 4.74 Å². The van der Waals surface area contributed by atoms with E-state index < -0.39 is 15.9 Å². The van der Waals surface area contributed by atoms with Crippen LogP contribution in [0.25, 0.3) is 0 Å². The smallest absolute Gasteiger partial charge is 0.255 e. The Morgan fingerprint density at radius 1 is 1.36 bits per heavy atom. The zero-order valence-corrected chi connectivity index (χ0v) is 15.3. The lowest BCUT2D eigenvalue weighted by Gasteiger charge is -2.26. The molecule has 1 atom stereocenters. The van der Waals surface area contributed by atoms with Gasteiger partial charge in [0.2, 0.25) is 5.91 Å². The molecule has 0 aromatic heterocycles. The van der Waals surface area contributed by atoms with Gasteiger partial charge in [0.15, 0.2) is 0 Å². The Kier molecular flexibility index (Phi) is 6.55. The highest BCUT2D eigenvalue weighted by Crippen LogP contribution is 2.25. The predicted molar refractivity (Wildman–Crippen MR) is 93.9 cm³/mol. The van der Waals surface area contributed by atoms with Gasteiger partial charge < -0.3 is 15.0 Å². The van der Waals surface area contributed by atoms with Crippen molar-refractivity contribution >= 4 is 21.7 Å². The fourth-order valence-electron chi connectivity index (χ4n) is 2.83. The van der Waals surface area contributed by atoms with Crippen LogP contribution in [0, 0.1) is 0 Å². The second-order valence-corrected chi connectivity index (χ2v) is 8.42. The summed E-state index contributed by atoms with van der Waals surface area (Å²) in [5.41, 5.74) is 1.42. The number of fused-ring (bicyclic) bond motifs is 1. The van der Waals surface area contributed by atoms with E-state index in [1.165, 1.54) is 4.90 Å². The summed E-state index contributed by atoms with van der Waals surface area (Å²) < 4.78 is 28.0. The molecule has 0 saturated heterocycles. The molecule has 25 heavy (non-hydrogen) atoms. The Balaban J connectivity index is 2.12. The maximum atomic E-state index is 12.6. The van der Waals surface area contributed by atoms with Crippen molar-refractivity contribution in [2.75, 3.05) is 32.3 Å². The van der Waals surface area contributed by atoms with Crippen molar-refractivity contribution in [1.29, 1.82) is 0 Å². The molecule has 1 aliphatic rings. The van der Waals surface area contributed by atoms with Crippen LogP contribution in [-0.4, -0.2) is 63.4 Å². The third-order valence-electron chi connectivity index (χ3n) is 4.11. The number of ether oxygens (including phenoxy) is 1. The van der Waals surface area contributed by atoms with Gasteiger partial charge in [0.05, 0.1) is 5.75 Å². The zero-order valence-electron chi connectivity index (χ0n) is 14.5. The van der Waals surface area contributed by atoms with E-state index in [0.717, 1.165) is 11.8 Å². The van der Waals surface area contributed by atoms with Gasteiger partial charge in [-0.2, -0.15) is 0 Å². The van der Waals surface area contributed by atoms with Crippen LogP contribution in [0.2, 0.25) is 0 Å². The van der Waals surface area contributed by atoms with Crippen molar-refractivity contribution in [2.24, 2.45) is 0 Å². The minimum absolute atomic E-state index is 0.0780. The van der Waals surface area contributed by atoms with E-state index in [-0.39, 0.29) is 24.0 Å². The quantitative estimate of drug-likeness (QED) is 0.644. The Bertz CT molecular complexity index is 732. The van der Waals surface area contributed by atoms with Crippen LogP contribution in [0.15, 0.2) is 24.3 Å². The fourth-order valence-corrected chi connectivity index (χ4v) is 3.48. The van der Waals surface area contributed by atoms with Gasteiger partial charge in [0, 0.05) is 38.6 Å². The summed E-state index contributed by atoms with van der Waals surface area (Å²) in [5.74, 6) is -0.717. The van der Waals surface area contributed by atoms with E-state index in [9.17, 15) is 18.0 Å². The van der Waals surface area contributed by atoms with Crippen molar-refractivity contribution in [3.8, 4) is 0 Å². The van der Waals surface area contributed by atoms with E-state index in [1.54, 1.807) is 19.2 Å². The summed E-state index contributed by atoms with van der Waals surface area (Å²) in [7, 11) is -1.65. The molecule has 2 rings (SSSR count). The molecule has 1 aromatic carbocycles. The van der Waals surface area contributed by atoms with Crippen LogP contribution >= 0.6 is 0 Å². The van der Waals surface area contributed by atoms with Gasteiger partial charge in [-0.25, -0.2) is 8.42 Å². The maximum absolute atomic E-state index is 12.6. The largest absolute Gasteiger partial charge is 0.385 e. The Morgan fingerprint density at radius 3 is 2.72 bits per heavy atom. The summed E-state index contributed by atoms with van der Waals surface area (Å²) in [6, 6.07) is 6.37. The standard InChI is InChI=1S/C17H24N2O5S/c1-24-10-5-9-18-16(20)15(8-11-25(2,22)23)19-12-13-6-3-4-7-14(13)17(19)21/h3-4,6-7,15H,5,8-12H2,1-2H3,(H,18,20). The van der Waals surface area contributed by atoms with Gasteiger partial charge in [-0.3, -0.25) is 9.59 Å². The molecule has 0 fully saturated rings. The van der Waals surface area contributed by atoms with Crippen LogP contribution in [-0.2, 0) is 25.9 Å². The van der Waals surface area contributed by atoms with Crippen LogP contribution in [0.4, 0.5) is 0 Å². The Morgan fingerprint density at radius 2 is 2.08 bits per heavy atom. The second-order valence-electron chi connectivity index (χ2n) is 6.16. The highest BCUT2D eigenvalue weighted by molar-refractivity contribution is 7.90. The third-order valence-corrected chi connectivity index (χ3v) is 5.09. The molecule has 138 valence electrons. The number of hydrogen-bond acceptors (Lipinski definition) is 5. The average Bonchev–Trinajstić information content (AvgIpc) is 2.88. The summed E-state index contributed by atoms with van der Waals surface area (Å²) in [6.07, 6.45) is 1.85. The molecule has 1 unspecified atom stereocenters. The number of benzene rings is 1. The molecule has 1 aromatic rings. The van der Waals surface area contributed by atoms with E-state index in [1.807, 2.05) is 12.1 Å². The minimum atomic E-state index is -3.23. The number of sulfone groups is 1. The normalized spacial score (nSPS) is 15.1. The average molecular weight is 368 g/mol. The van der Waals surface area contributed by atoms with E-state index in [2.05, 4.69) is 5.32 Å². The number of methoxy groups -OCH3 is 1. The topological polar surface area (TPSA) is 92.8 Å². The fraction of sp³-hybridized carbons (Fsp3) is 0.529. The lowest BCUT2D eigenvalue weighted by molar-refractivity contribution is -0.125. The second kappa shape index (κ2) is 8.44. The van der Waals surface area contributed by atoms with Crippen LogP contribution in [0.5, 0.6) is 0 Å². The van der Waals surface area contributed by atoms with Crippen molar-refractivity contribution in [2.45, 2.75) is 25.4 Å². The third kappa shape index (κ3) is 5.27. The molecule has 1 aliphatic heterocycles. The minimum Gasteiger partial charge on any atom is -0.385 e. The Labute approximate surface area is 148 Å². The van der Waals surface area contributed by atoms with E-state index >= 15 is 0 Å². The number of carbonyl (C=O) groups excluding carboxylic acids is 2. The highest BCUT2D eigenvalue weighted by atomic mass is 32.2. The first-order valence-corrected chi connectivity index (χ1v) is 10.2. The molecule has 0 saturated carbocycles. The Hall–Kier alpha value is -1.93. The molecule has 1 heterocycles. The number of nitrogens with one attached hydrogen (secondary N) is 1. The van der Waals surface area contributed by atoms with Gasteiger partial charge in [-0.15, -0.1) is 0 Å². The molecule has 0 spiro atoms. The number of amides is 2. The first kappa shape index (κ1) is 19.4. The molecular weight excluding hydrogens is 344 g/mol. The number of nitrogens with zero attached hydrogens (tertiary/aromatic N) is 1. The molecular formula is C17H24N2O5S. The molecule has 8 heteroatoms. The molecule has 0 bridgehead atoms. The first-order chi connectivity index (χ1) is 11.8. The molecule has 0 radical (unpaired) electrons. The number of hydrogen-bond donors (Lipinski definition) is 1. The zero-order chi connectivity index (χ0) is 18.4. The van der Waals surface area contributed by atoms with Gasteiger partial charge in [-0.05, 0) is 24.5 Å². The van der Waals surface area contributed by atoms with Crippen molar-refractivity contribution in [3.05, 3.63) is 35.4 Å². The highest BCUT2D eigenvalue weighted by Gasteiger charge is 2.36. The molecule has 1 N–H and O–H groups in total. The van der Waals surface area contributed by atoms with E-state index in [0.29, 0.717) is 31.7 Å².